The Hall–Kier alpha value is -2.13. The van der Waals surface area contributed by atoms with Crippen LogP contribution in [-0.2, 0) is 7.05 Å². The lowest BCUT2D eigenvalue weighted by atomic mass is 10.0. The molecule has 0 unspecified atom stereocenters. The Bertz CT molecular complexity index is 802. The molecule has 0 atom stereocenters. The second kappa shape index (κ2) is 4.76. The Balaban J connectivity index is 2.24. The van der Waals surface area contributed by atoms with Gasteiger partial charge in [-0.2, -0.15) is 0 Å². The summed E-state index contributed by atoms with van der Waals surface area (Å²) in [5, 5.41) is 0.919. The predicted octanol–water partition coefficient (Wildman–Crippen LogP) is 4.20. The van der Waals surface area contributed by atoms with Crippen molar-refractivity contribution in [1.82, 2.24) is 4.57 Å². The molecule has 0 N–H and O–H groups in total. The molecule has 20 heavy (non-hydrogen) atoms. The van der Waals surface area contributed by atoms with Gasteiger partial charge in [0, 0.05) is 29.7 Å². The Kier molecular flexibility index (Phi) is 3.07. The zero-order valence-corrected chi connectivity index (χ0v) is 11.5. The van der Waals surface area contributed by atoms with Gasteiger partial charge in [-0.15, -0.1) is 0 Å². The Morgan fingerprint density at radius 1 is 1.15 bits per heavy atom. The fourth-order valence-electron chi connectivity index (χ4n) is 2.37. The number of aromatic nitrogens is 1. The van der Waals surface area contributed by atoms with Gasteiger partial charge in [0.2, 0.25) is 0 Å². The van der Waals surface area contributed by atoms with E-state index in [1.165, 1.54) is 18.2 Å². The first-order chi connectivity index (χ1) is 9.59. The molecule has 0 aliphatic rings. The van der Waals surface area contributed by atoms with Gasteiger partial charge in [-0.1, -0.05) is 35.9 Å². The molecule has 2 aromatic carbocycles. The smallest absolute Gasteiger partial charge is 0.199 e. The summed E-state index contributed by atoms with van der Waals surface area (Å²) in [7, 11) is 1.85. The molecule has 2 nitrogen and oxygen atoms in total. The van der Waals surface area contributed by atoms with E-state index in [1.807, 2.05) is 35.9 Å². The molecule has 3 rings (SSSR count). The van der Waals surface area contributed by atoms with Crippen LogP contribution in [0, 0.1) is 5.82 Å². The molecule has 1 heterocycles. The van der Waals surface area contributed by atoms with E-state index in [9.17, 15) is 9.18 Å². The standard InChI is InChI=1S/C16H11ClFNO/c1-19-9-11(10-5-2-3-8-14(10)19)16(20)15-12(17)6-4-7-13(15)18/h2-9H,1H3. The highest BCUT2D eigenvalue weighted by molar-refractivity contribution is 6.35. The lowest BCUT2D eigenvalue weighted by Gasteiger charge is -2.04. The topological polar surface area (TPSA) is 22.0 Å². The largest absolute Gasteiger partial charge is 0.350 e. The van der Waals surface area contributed by atoms with Crippen molar-refractivity contribution >= 4 is 28.3 Å². The molecule has 0 aliphatic carbocycles. The molecule has 0 saturated heterocycles. The van der Waals surface area contributed by atoms with Gasteiger partial charge < -0.3 is 4.57 Å². The van der Waals surface area contributed by atoms with Gasteiger partial charge in [0.15, 0.2) is 5.78 Å². The van der Waals surface area contributed by atoms with Crippen molar-refractivity contribution in [2.75, 3.05) is 0 Å². The van der Waals surface area contributed by atoms with Gasteiger partial charge in [-0.25, -0.2) is 4.39 Å². The van der Waals surface area contributed by atoms with Crippen LogP contribution in [-0.4, -0.2) is 10.4 Å². The van der Waals surface area contributed by atoms with Crippen LogP contribution in [0.25, 0.3) is 10.9 Å². The number of benzene rings is 2. The summed E-state index contributed by atoms with van der Waals surface area (Å²) < 4.78 is 15.7. The lowest BCUT2D eigenvalue weighted by Crippen LogP contribution is -2.04. The number of fused-ring (bicyclic) bond motifs is 1. The minimum atomic E-state index is -0.601. The maximum atomic E-state index is 13.9. The van der Waals surface area contributed by atoms with Crippen molar-refractivity contribution in [2.45, 2.75) is 0 Å². The fraction of sp³-hybridized carbons (Fsp3) is 0.0625. The lowest BCUT2D eigenvalue weighted by molar-refractivity contribution is 0.103. The summed E-state index contributed by atoms with van der Waals surface area (Å²) in [6.07, 6.45) is 1.70. The zero-order valence-electron chi connectivity index (χ0n) is 10.7. The number of aryl methyl sites for hydroxylation is 1. The molecular formula is C16H11ClFNO. The summed E-state index contributed by atoms with van der Waals surface area (Å²) in [5.74, 6) is -1.000. The molecule has 0 radical (unpaired) electrons. The van der Waals surface area contributed by atoms with Crippen LogP contribution in [0.5, 0.6) is 0 Å². The van der Waals surface area contributed by atoms with Crippen molar-refractivity contribution < 1.29 is 9.18 Å². The predicted molar refractivity (Wildman–Crippen MR) is 77.8 cm³/mol. The van der Waals surface area contributed by atoms with E-state index in [2.05, 4.69) is 0 Å². The first kappa shape index (κ1) is 12.9. The van der Waals surface area contributed by atoms with Crippen molar-refractivity contribution in [2.24, 2.45) is 7.05 Å². The van der Waals surface area contributed by atoms with Gasteiger partial charge in [-0.3, -0.25) is 4.79 Å². The number of carbonyl (C=O) groups excluding carboxylic acids is 1. The van der Waals surface area contributed by atoms with Gasteiger partial charge in [0.05, 0.1) is 10.6 Å². The number of halogens is 2. The van der Waals surface area contributed by atoms with Gasteiger partial charge in [-0.05, 0) is 18.2 Å². The first-order valence-corrected chi connectivity index (χ1v) is 6.50. The molecule has 0 spiro atoms. The molecular weight excluding hydrogens is 277 g/mol. The van der Waals surface area contributed by atoms with E-state index in [1.54, 1.807) is 6.20 Å². The Morgan fingerprint density at radius 3 is 2.65 bits per heavy atom. The van der Waals surface area contributed by atoms with Crippen molar-refractivity contribution in [3.05, 3.63) is 70.6 Å². The van der Waals surface area contributed by atoms with Crippen molar-refractivity contribution in [3.63, 3.8) is 0 Å². The summed E-state index contributed by atoms with van der Waals surface area (Å²) in [4.78, 5) is 12.6. The molecule has 0 fully saturated rings. The maximum Gasteiger partial charge on any atom is 0.199 e. The average molecular weight is 288 g/mol. The second-order valence-corrected chi connectivity index (χ2v) is 5.00. The SMILES string of the molecule is Cn1cc(C(=O)c2c(F)cccc2Cl)c2ccccc21. The highest BCUT2D eigenvalue weighted by Gasteiger charge is 2.21. The fourth-order valence-corrected chi connectivity index (χ4v) is 2.62. The highest BCUT2D eigenvalue weighted by Crippen LogP contribution is 2.27. The van der Waals surface area contributed by atoms with E-state index in [4.69, 9.17) is 11.6 Å². The normalized spacial score (nSPS) is 10.9. The van der Waals surface area contributed by atoms with Crippen molar-refractivity contribution in [3.8, 4) is 0 Å². The molecule has 0 amide bonds. The summed E-state index contributed by atoms with van der Waals surface area (Å²) in [6.45, 7) is 0. The van der Waals surface area contributed by atoms with E-state index >= 15 is 0 Å². The number of ketones is 1. The molecule has 4 heteroatoms. The monoisotopic (exact) mass is 287 g/mol. The van der Waals surface area contributed by atoms with Crippen LogP contribution in [0.3, 0.4) is 0 Å². The van der Waals surface area contributed by atoms with E-state index in [0.717, 1.165) is 10.9 Å². The van der Waals surface area contributed by atoms with Crippen LogP contribution in [0.2, 0.25) is 5.02 Å². The van der Waals surface area contributed by atoms with Gasteiger partial charge >= 0.3 is 0 Å². The van der Waals surface area contributed by atoms with Crippen LogP contribution in [0.4, 0.5) is 4.39 Å². The number of rotatable bonds is 2. The minimum absolute atomic E-state index is 0.0782. The first-order valence-electron chi connectivity index (χ1n) is 6.12. The van der Waals surface area contributed by atoms with E-state index in [-0.39, 0.29) is 10.6 Å². The molecule has 3 aromatic rings. The van der Waals surface area contributed by atoms with E-state index < -0.39 is 11.6 Å². The summed E-state index contributed by atoms with van der Waals surface area (Å²) in [6, 6.07) is 11.7. The zero-order chi connectivity index (χ0) is 14.3. The molecule has 0 saturated carbocycles. The third-order valence-corrected chi connectivity index (χ3v) is 3.65. The van der Waals surface area contributed by atoms with Gasteiger partial charge in [0.1, 0.15) is 5.82 Å². The van der Waals surface area contributed by atoms with Crippen LogP contribution >= 0.6 is 11.6 Å². The van der Waals surface area contributed by atoms with Crippen molar-refractivity contribution in [1.29, 1.82) is 0 Å². The molecule has 0 bridgehead atoms. The van der Waals surface area contributed by atoms with Gasteiger partial charge in [0.25, 0.3) is 0 Å². The number of carbonyl (C=O) groups is 1. The quantitative estimate of drug-likeness (QED) is 0.647. The van der Waals surface area contributed by atoms with Crippen LogP contribution in [0.15, 0.2) is 48.7 Å². The Morgan fingerprint density at radius 2 is 1.90 bits per heavy atom. The number of para-hydroxylation sites is 1. The molecule has 100 valence electrons. The number of hydrogen-bond acceptors (Lipinski definition) is 1. The number of nitrogens with zero attached hydrogens (tertiary/aromatic N) is 1. The molecule has 1 aromatic heterocycles. The Labute approximate surface area is 120 Å². The average Bonchev–Trinajstić information content (AvgIpc) is 2.76. The van der Waals surface area contributed by atoms with Crippen LogP contribution in [0.1, 0.15) is 15.9 Å². The third-order valence-electron chi connectivity index (χ3n) is 3.33. The van der Waals surface area contributed by atoms with Crippen LogP contribution < -0.4 is 0 Å². The second-order valence-electron chi connectivity index (χ2n) is 4.60. The summed E-state index contributed by atoms with van der Waals surface area (Å²) in [5.41, 5.74) is 1.30. The third kappa shape index (κ3) is 1.91. The minimum Gasteiger partial charge on any atom is -0.350 e. The molecule has 0 aliphatic heterocycles. The number of hydrogen-bond donors (Lipinski definition) is 0. The maximum absolute atomic E-state index is 13.9. The van der Waals surface area contributed by atoms with E-state index in [0.29, 0.717) is 5.56 Å². The highest BCUT2D eigenvalue weighted by atomic mass is 35.5. The summed E-state index contributed by atoms with van der Waals surface area (Å²) >= 11 is 5.96.